The molecule has 3 rings (SSSR count). The number of aromatic nitrogens is 3. The number of amides is 1. The van der Waals surface area contributed by atoms with Gasteiger partial charge in [0.15, 0.2) is 5.65 Å². The number of hydrogen-bond donors (Lipinski definition) is 2. The molecule has 0 aliphatic rings. The summed E-state index contributed by atoms with van der Waals surface area (Å²) in [5.41, 5.74) is 9.67. The van der Waals surface area contributed by atoms with Crippen molar-refractivity contribution >= 4 is 16.9 Å². The lowest BCUT2D eigenvalue weighted by Gasteiger charge is -2.19. The summed E-state index contributed by atoms with van der Waals surface area (Å²) in [5, 5.41) is 8.35. The average molecular weight is 365 g/mol. The van der Waals surface area contributed by atoms with Gasteiger partial charge in [0.25, 0.3) is 5.91 Å². The van der Waals surface area contributed by atoms with E-state index in [0.717, 1.165) is 28.8 Å². The zero-order valence-electron chi connectivity index (χ0n) is 16.4. The molecule has 1 amide bonds. The molecule has 0 fully saturated rings. The molecule has 1 aromatic carbocycles. The SMILES string of the molecule is Cc1nn(C)c2nc(-c3ccccc3)cc(C(=O)NC(CN)CC(C)C)c12. The average Bonchev–Trinajstić information content (AvgIpc) is 2.94. The fourth-order valence-electron chi connectivity index (χ4n) is 3.43. The molecule has 1 atom stereocenters. The Kier molecular flexibility index (Phi) is 5.56. The zero-order chi connectivity index (χ0) is 19.6. The number of hydrogen-bond acceptors (Lipinski definition) is 4. The minimum absolute atomic E-state index is 0.0575. The normalized spacial score (nSPS) is 12.5. The molecule has 0 aliphatic carbocycles. The Morgan fingerprint density at radius 3 is 2.59 bits per heavy atom. The third kappa shape index (κ3) is 4.01. The van der Waals surface area contributed by atoms with Gasteiger partial charge in [0.1, 0.15) is 0 Å². The van der Waals surface area contributed by atoms with Crippen molar-refractivity contribution in [1.82, 2.24) is 20.1 Å². The maximum Gasteiger partial charge on any atom is 0.252 e. The van der Waals surface area contributed by atoms with Crippen molar-refractivity contribution in [2.45, 2.75) is 33.2 Å². The predicted octanol–water partition coefficient (Wildman–Crippen LogP) is 3.05. The monoisotopic (exact) mass is 365 g/mol. The number of pyridine rings is 1. The van der Waals surface area contributed by atoms with Crippen LogP contribution in [0.2, 0.25) is 0 Å². The molecule has 0 bridgehead atoms. The van der Waals surface area contributed by atoms with Crippen LogP contribution in [0, 0.1) is 12.8 Å². The molecule has 0 spiro atoms. The number of aryl methyl sites for hydroxylation is 2. The van der Waals surface area contributed by atoms with Gasteiger partial charge in [-0.3, -0.25) is 9.48 Å². The van der Waals surface area contributed by atoms with E-state index < -0.39 is 0 Å². The first-order valence-corrected chi connectivity index (χ1v) is 9.31. The van der Waals surface area contributed by atoms with Gasteiger partial charge in [-0.15, -0.1) is 0 Å². The Morgan fingerprint density at radius 1 is 1.26 bits per heavy atom. The lowest BCUT2D eigenvalue weighted by Crippen LogP contribution is -2.41. The molecule has 6 heteroatoms. The molecule has 6 nitrogen and oxygen atoms in total. The minimum Gasteiger partial charge on any atom is -0.348 e. The lowest BCUT2D eigenvalue weighted by molar-refractivity contribution is 0.0935. The van der Waals surface area contributed by atoms with Crippen LogP contribution in [0.4, 0.5) is 0 Å². The van der Waals surface area contributed by atoms with Crippen LogP contribution in [-0.4, -0.2) is 33.3 Å². The van der Waals surface area contributed by atoms with Crippen molar-refractivity contribution in [3.63, 3.8) is 0 Å². The quantitative estimate of drug-likeness (QED) is 0.703. The number of benzene rings is 1. The first-order valence-electron chi connectivity index (χ1n) is 9.31. The third-order valence-electron chi connectivity index (χ3n) is 4.66. The number of fused-ring (bicyclic) bond motifs is 1. The first-order chi connectivity index (χ1) is 12.9. The van der Waals surface area contributed by atoms with Crippen molar-refractivity contribution in [3.8, 4) is 11.3 Å². The summed E-state index contributed by atoms with van der Waals surface area (Å²) in [6.45, 7) is 6.56. The summed E-state index contributed by atoms with van der Waals surface area (Å²) in [5.74, 6) is 0.322. The number of carbonyl (C=O) groups excluding carboxylic acids is 1. The number of nitrogens with two attached hydrogens (primary N) is 1. The number of nitrogens with zero attached hydrogens (tertiary/aromatic N) is 3. The standard InChI is InChI=1S/C21H27N5O/c1-13(2)10-16(12-22)23-21(27)17-11-18(15-8-6-5-7-9-15)24-20-19(17)14(3)25-26(20)4/h5-9,11,13,16H,10,12,22H2,1-4H3,(H,23,27). The molecule has 2 aromatic heterocycles. The highest BCUT2D eigenvalue weighted by Gasteiger charge is 2.21. The molecule has 3 N–H and O–H groups in total. The molecule has 142 valence electrons. The van der Waals surface area contributed by atoms with Crippen molar-refractivity contribution in [1.29, 1.82) is 0 Å². The maximum absolute atomic E-state index is 13.1. The summed E-state index contributed by atoms with van der Waals surface area (Å²) in [4.78, 5) is 17.9. The predicted molar refractivity (Wildman–Crippen MR) is 108 cm³/mol. The van der Waals surface area contributed by atoms with Gasteiger partial charge in [0.05, 0.1) is 22.3 Å². The maximum atomic E-state index is 13.1. The third-order valence-corrected chi connectivity index (χ3v) is 4.66. The Hall–Kier alpha value is -2.73. The first kappa shape index (κ1) is 19.0. The second-order valence-corrected chi connectivity index (χ2v) is 7.36. The second kappa shape index (κ2) is 7.88. The van der Waals surface area contributed by atoms with Crippen LogP contribution in [0.5, 0.6) is 0 Å². The van der Waals surface area contributed by atoms with E-state index >= 15 is 0 Å². The van der Waals surface area contributed by atoms with Crippen LogP contribution in [0.1, 0.15) is 36.3 Å². The van der Waals surface area contributed by atoms with E-state index in [1.807, 2.05) is 50.4 Å². The van der Waals surface area contributed by atoms with E-state index in [9.17, 15) is 4.79 Å². The van der Waals surface area contributed by atoms with E-state index in [-0.39, 0.29) is 11.9 Å². The number of nitrogens with one attached hydrogen (secondary N) is 1. The molecule has 0 saturated carbocycles. The summed E-state index contributed by atoms with van der Waals surface area (Å²) in [6.07, 6.45) is 0.841. The van der Waals surface area contributed by atoms with E-state index in [0.29, 0.717) is 23.7 Å². The molecule has 0 saturated heterocycles. The van der Waals surface area contributed by atoms with Gasteiger partial charge < -0.3 is 11.1 Å². The van der Waals surface area contributed by atoms with Crippen molar-refractivity contribution in [2.24, 2.45) is 18.7 Å². The molecule has 0 radical (unpaired) electrons. The Bertz CT molecular complexity index is 946. The van der Waals surface area contributed by atoms with Crippen LogP contribution < -0.4 is 11.1 Å². The van der Waals surface area contributed by atoms with Crippen LogP contribution in [-0.2, 0) is 7.05 Å². The molecule has 27 heavy (non-hydrogen) atoms. The Balaban J connectivity index is 2.08. The van der Waals surface area contributed by atoms with Gasteiger partial charge in [0, 0.05) is 25.2 Å². The zero-order valence-corrected chi connectivity index (χ0v) is 16.4. The molecular weight excluding hydrogens is 338 g/mol. The topological polar surface area (TPSA) is 85.8 Å². The van der Waals surface area contributed by atoms with Gasteiger partial charge in [-0.25, -0.2) is 4.98 Å². The molecule has 1 unspecified atom stereocenters. The fraction of sp³-hybridized carbons (Fsp3) is 0.381. The summed E-state index contributed by atoms with van der Waals surface area (Å²) >= 11 is 0. The van der Waals surface area contributed by atoms with Gasteiger partial charge in [-0.2, -0.15) is 5.10 Å². The van der Waals surface area contributed by atoms with Crippen LogP contribution in [0.25, 0.3) is 22.3 Å². The number of rotatable bonds is 6. The van der Waals surface area contributed by atoms with Crippen molar-refractivity contribution in [2.75, 3.05) is 6.54 Å². The van der Waals surface area contributed by atoms with Gasteiger partial charge >= 0.3 is 0 Å². The van der Waals surface area contributed by atoms with Gasteiger partial charge in [-0.05, 0) is 25.3 Å². The van der Waals surface area contributed by atoms with E-state index in [2.05, 4.69) is 24.3 Å². The highest BCUT2D eigenvalue weighted by molar-refractivity contribution is 6.07. The van der Waals surface area contributed by atoms with Crippen molar-refractivity contribution in [3.05, 3.63) is 47.7 Å². The van der Waals surface area contributed by atoms with Crippen LogP contribution in [0.3, 0.4) is 0 Å². The minimum atomic E-state index is -0.133. The van der Waals surface area contributed by atoms with Crippen molar-refractivity contribution < 1.29 is 4.79 Å². The van der Waals surface area contributed by atoms with Crippen LogP contribution >= 0.6 is 0 Å². The van der Waals surface area contributed by atoms with E-state index in [4.69, 9.17) is 10.7 Å². The largest absolute Gasteiger partial charge is 0.348 e. The van der Waals surface area contributed by atoms with Crippen LogP contribution in [0.15, 0.2) is 36.4 Å². The summed E-state index contributed by atoms with van der Waals surface area (Å²) in [6, 6.07) is 11.6. The van der Waals surface area contributed by atoms with E-state index in [1.165, 1.54) is 0 Å². The molecule has 0 aliphatic heterocycles. The van der Waals surface area contributed by atoms with E-state index in [1.54, 1.807) is 4.68 Å². The highest BCUT2D eigenvalue weighted by Crippen LogP contribution is 2.27. The molecular formula is C21H27N5O. The Morgan fingerprint density at radius 2 is 1.96 bits per heavy atom. The smallest absolute Gasteiger partial charge is 0.252 e. The van der Waals surface area contributed by atoms with Gasteiger partial charge in [-0.1, -0.05) is 44.2 Å². The Labute approximate surface area is 159 Å². The molecule has 2 heterocycles. The highest BCUT2D eigenvalue weighted by atomic mass is 16.1. The summed E-state index contributed by atoms with van der Waals surface area (Å²) in [7, 11) is 1.85. The summed E-state index contributed by atoms with van der Waals surface area (Å²) < 4.78 is 1.72. The molecule has 3 aromatic rings. The number of carbonyl (C=O) groups is 1. The lowest BCUT2D eigenvalue weighted by atomic mass is 10.0. The fourth-order valence-corrected chi connectivity index (χ4v) is 3.43. The second-order valence-electron chi connectivity index (χ2n) is 7.36. The van der Waals surface area contributed by atoms with Gasteiger partial charge in [0.2, 0.25) is 0 Å².